The van der Waals surface area contributed by atoms with Crippen molar-refractivity contribution in [3.63, 3.8) is 0 Å². The van der Waals surface area contributed by atoms with E-state index in [2.05, 4.69) is 47.0 Å². The highest BCUT2D eigenvalue weighted by molar-refractivity contribution is 5.62. The lowest BCUT2D eigenvalue weighted by molar-refractivity contribution is 0.102. The first-order valence-corrected chi connectivity index (χ1v) is 7.58. The van der Waals surface area contributed by atoms with E-state index >= 15 is 0 Å². The molecule has 0 aliphatic rings. The zero-order valence-corrected chi connectivity index (χ0v) is 13.4. The Hall–Kier alpha value is -2.59. The van der Waals surface area contributed by atoms with E-state index in [1.807, 2.05) is 18.2 Å². The molecule has 116 valence electrons. The summed E-state index contributed by atoms with van der Waals surface area (Å²) in [6.07, 6.45) is 5.33. The molecule has 0 fully saturated rings. The molecule has 0 saturated heterocycles. The topological polar surface area (TPSA) is 47.9 Å². The molecule has 0 aliphatic carbocycles. The van der Waals surface area contributed by atoms with E-state index in [0.29, 0.717) is 13.2 Å². The predicted molar refractivity (Wildman–Crippen MR) is 89.7 cm³/mol. The van der Waals surface area contributed by atoms with Gasteiger partial charge in [-0.15, -0.1) is 0 Å². The van der Waals surface area contributed by atoms with Gasteiger partial charge in [-0.25, -0.2) is 0 Å². The van der Waals surface area contributed by atoms with Crippen LogP contribution in [-0.4, -0.2) is 15.0 Å². The number of ether oxygens (including phenoxy) is 1. The van der Waals surface area contributed by atoms with Gasteiger partial charge in [0.2, 0.25) is 0 Å². The first-order valence-electron chi connectivity index (χ1n) is 7.58. The van der Waals surface area contributed by atoms with Crippen LogP contribution in [0.3, 0.4) is 0 Å². The fourth-order valence-corrected chi connectivity index (χ4v) is 2.41. The standard InChI is InChI=1S/C19H19N3O/c1-14-6-7-18(15(2)9-14)19-11-21-17(10-22-19)13-23-12-16-5-3-4-8-20-16/h3-11H,12-13H2,1-2H3. The van der Waals surface area contributed by atoms with Crippen LogP contribution in [0.2, 0.25) is 0 Å². The van der Waals surface area contributed by atoms with Crippen molar-refractivity contribution in [1.29, 1.82) is 0 Å². The van der Waals surface area contributed by atoms with E-state index < -0.39 is 0 Å². The Morgan fingerprint density at radius 1 is 0.870 bits per heavy atom. The summed E-state index contributed by atoms with van der Waals surface area (Å²) in [6, 6.07) is 12.1. The molecule has 4 nitrogen and oxygen atoms in total. The Balaban J connectivity index is 1.63. The molecule has 2 aromatic heterocycles. The normalized spacial score (nSPS) is 10.7. The van der Waals surface area contributed by atoms with Crippen LogP contribution >= 0.6 is 0 Å². The van der Waals surface area contributed by atoms with E-state index in [9.17, 15) is 0 Å². The third-order valence-corrected chi connectivity index (χ3v) is 3.59. The third-order valence-electron chi connectivity index (χ3n) is 3.59. The van der Waals surface area contributed by atoms with Crippen molar-refractivity contribution in [2.75, 3.05) is 0 Å². The zero-order valence-electron chi connectivity index (χ0n) is 13.4. The summed E-state index contributed by atoms with van der Waals surface area (Å²) in [5.74, 6) is 0. The van der Waals surface area contributed by atoms with Crippen LogP contribution in [0, 0.1) is 13.8 Å². The molecule has 0 spiro atoms. The lowest BCUT2D eigenvalue weighted by Gasteiger charge is -2.07. The minimum Gasteiger partial charge on any atom is -0.369 e. The van der Waals surface area contributed by atoms with Gasteiger partial charge in [0, 0.05) is 11.8 Å². The third kappa shape index (κ3) is 3.99. The SMILES string of the molecule is Cc1ccc(-c2cnc(COCc3ccccn3)cn2)c(C)c1. The van der Waals surface area contributed by atoms with Gasteiger partial charge in [0.15, 0.2) is 0 Å². The molecule has 0 unspecified atom stereocenters. The molecule has 0 aliphatic heterocycles. The number of hydrogen-bond acceptors (Lipinski definition) is 4. The highest BCUT2D eigenvalue weighted by Crippen LogP contribution is 2.21. The van der Waals surface area contributed by atoms with Crippen LogP contribution in [0.1, 0.15) is 22.5 Å². The number of aromatic nitrogens is 3. The molecule has 0 saturated carbocycles. The highest BCUT2D eigenvalue weighted by Gasteiger charge is 2.05. The van der Waals surface area contributed by atoms with E-state index in [0.717, 1.165) is 22.6 Å². The number of benzene rings is 1. The summed E-state index contributed by atoms with van der Waals surface area (Å²) in [6.45, 7) is 5.08. The van der Waals surface area contributed by atoms with Crippen molar-refractivity contribution < 1.29 is 4.74 Å². The summed E-state index contributed by atoms with van der Waals surface area (Å²) >= 11 is 0. The first-order chi connectivity index (χ1) is 11.2. The quantitative estimate of drug-likeness (QED) is 0.718. The van der Waals surface area contributed by atoms with E-state index in [1.165, 1.54) is 11.1 Å². The molecule has 0 bridgehead atoms. The van der Waals surface area contributed by atoms with E-state index in [4.69, 9.17) is 4.74 Å². The Morgan fingerprint density at radius 2 is 1.74 bits per heavy atom. The maximum Gasteiger partial charge on any atom is 0.0908 e. The summed E-state index contributed by atoms with van der Waals surface area (Å²) < 4.78 is 5.63. The van der Waals surface area contributed by atoms with E-state index in [-0.39, 0.29) is 0 Å². The Kier molecular flexibility index (Phi) is 4.74. The largest absolute Gasteiger partial charge is 0.369 e. The molecule has 2 heterocycles. The van der Waals surface area contributed by atoms with E-state index in [1.54, 1.807) is 18.6 Å². The van der Waals surface area contributed by atoms with Gasteiger partial charge < -0.3 is 4.74 Å². The van der Waals surface area contributed by atoms with Gasteiger partial charge in [-0.2, -0.15) is 0 Å². The van der Waals surface area contributed by atoms with Gasteiger partial charge in [-0.3, -0.25) is 15.0 Å². The molecule has 4 heteroatoms. The van der Waals surface area contributed by atoms with Crippen LogP contribution in [-0.2, 0) is 18.0 Å². The van der Waals surface area contributed by atoms with Crippen molar-refractivity contribution in [1.82, 2.24) is 15.0 Å². The van der Waals surface area contributed by atoms with Crippen molar-refractivity contribution in [2.45, 2.75) is 27.1 Å². The number of nitrogens with zero attached hydrogens (tertiary/aromatic N) is 3. The lowest BCUT2D eigenvalue weighted by atomic mass is 10.0. The summed E-state index contributed by atoms with van der Waals surface area (Å²) in [7, 11) is 0. The van der Waals surface area contributed by atoms with Crippen molar-refractivity contribution in [3.05, 3.63) is 77.5 Å². The maximum atomic E-state index is 5.63. The zero-order chi connectivity index (χ0) is 16.1. The monoisotopic (exact) mass is 305 g/mol. The number of rotatable bonds is 5. The van der Waals surface area contributed by atoms with Crippen molar-refractivity contribution >= 4 is 0 Å². The molecular weight excluding hydrogens is 286 g/mol. The molecular formula is C19H19N3O. The lowest BCUT2D eigenvalue weighted by Crippen LogP contribution is -1.99. The number of aryl methyl sites for hydroxylation is 2. The second-order valence-corrected chi connectivity index (χ2v) is 5.53. The maximum absolute atomic E-state index is 5.63. The fourth-order valence-electron chi connectivity index (χ4n) is 2.41. The smallest absolute Gasteiger partial charge is 0.0908 e. The Morgan fingerprint density at radius 3 is 2.43 bits per heavy atom. The van der Waals surface area contributed by atoms with Gasteiger partial charge >= 0.3 is 0 Å². The van der Waals surface area contributed by atoms with Gasteiger partial charge in [-0.05, 0) is 31.5 Å². The minimum absolute atomic E-state index is 0.427. The van der Waals surface area contributed by atoms with Crippen LogP contribution < -0.4 is 0 Å². The molecule has 3 aromatic rings. The number of pyridine rings is 1. The second kappa shape index (κ2) is 7.11. The fraction of sp³-hybridized carbons (Fsp3) is 0.211. The van der Waals surface area contributed by atoms with Gasteiger partial charge in [-0.1, -0.05) is 29.8 Å². The summed E-state index contributed by atoms with van der Waals surface area (Å²) in [5.41, 5.74) is 6.18. The summed E-state index contributed by atoms with van der Waals surface area (Å²) in [5, 5.41) is 0. The minimum atomic E-state index is 0.427. The van der Waals surface area contributed by atoms with Crippen LogP contribution in [0.5, 0.6) is 0 Å². The average Bonchev–Trinajstić information content (AvgIpc) is 2.57. The Bertz CT molecular complexity index is 770. The highest BCUT2D eigenvalue weighted by atomic mass is 16.5. The average molecular weight is 305 g/mol. The molecule has 0 amide bonds. The van der Waals surface area contributed by atoms with Crippen LogP contribution in [0.4, 0.5) is 0 Å². The van der Waals surface area contributed by atoms with Crippen molar-refractivity contribution in [2.24, 2.45) is 0 Å². The van der Waals surface area contributed by atoms with Crippen LogP contribution in [0.15, 0.2) is 55.0 Å². The summed E-state index contributed by atoms with van der Waals surface area (Å²) in [4.78, 5) is 13.2. The van der Waals surface area contributed by atoms with Crippen molar-refractivity contribution in [3.8, 4) is 11.3 Å². The van der Waals surface area contributed by atoms with Gasteiger partial charge in [0.05, 0.1) is 42.7 Å². The van der Waals surface area contributed by atoms with Crippen LogP contribution in [0.25, 0.3) is 11.3 Å². The number of hydrogen-bond donors (Lipinski definition) is 0. The molecule has 3 rings (SSSR count). The molecule has 1 aromatic carbocycles. The molecule has 23 heavy (non-hydrogen) atoms. The molecule has 0 atom stereocenters. The second-order valence-electron chi connectivity index (χ2n) is 5.53. The van der Waals surface area contributed by atoms with Gasteiger partial charge in [0.25, 0.3) is 0 Å². The Labute approximate surface area is 136 Å². The molecule has 0 N–H and O–H groups in total. The molecule has 0 radical (unpaired) electrons. The predicted octanol–water partition coefficient (Wildman–Crippen LogP) is 3.87. The first kappa shape index (κ1) is 15.3. The van der Waals surface area contributed by atoms with Gasteiger partial charge in [0.1, 0.15) is 0 Å².